The quantitative estimate of drug-likeness (QED) is 0.658. The molecular weight excluding hydrogens is 354 g/mol. The highest BCUT2D eigenvalue weighted by atomic mass is 35.5. The Labute approximate surface area is 140 Å². The molecule has 1 aliphatic heterocycles. The highest BCUT2D eigenvalue weighted by molar-refractivity contribution is 6.32. The van der Waals surface area contributed by atoms with Crippen LogP contribution in [-0.2, 0) is 9.53 Å². The van der Waals surface area contributed by atoms with E-state index in [1.54, 1.807) is 0 Å². The number of ether oxygens (including phenoxy) is 2. The number of rotatable bonds is 3. The van der Waals surface area contributed by atoms with Crippen LogP contribution >= 0.6 is 11.6 Å². The van der Waals surface area contributed by atoms with E-state index >= 15 is 0 Å². The first kappa shape index (κ1) is 17.3. The van der Waals surface area contributed by atoms with Crippen molar-refractivity contribution in [3.63, 3.8) is 0 Å². The summed E-state index contributed by atoms with van der Waals surface area (Å²) in [5.41, 5.74) is 0. The molecule has 1 heterocycles. The second-order valence-corrected chi connectivity index (χ2v) is 6.35. The van der Waals surface area contributed by atoms with Crippen LogP contribution in [-0.4, -0.2) is 31.0 Å². The number of halogens is 5. The van der Waals surface area contributed by atoms with Gasteiger partial charge in [0.15, 0.2) is 6.23 Å². The number of carbonyl (C=O) groups is 1. The van der Waals surface area contributed by atoms with E-state index in [1.807, 2.05) is 0 Å². The molecule has 1 saturated carbocycles. The van der Waals surface area contributed by atoms with Crippen molar-refractivity contribution >= 4 is 17.6 Å². The second kappa shape index (κ2) is 6.40. The van der Waals surface area contributed by atoms with Gasteiger partial charge in [0.25, 0.3) is 0 Å². The Morgan fingerprint density at radius 2 is 2.04 bits per heavy atom. The summed E-state index contributed by atoms with van der Waals surface area (Å²) in [6.07, 6.45) is -5.28. The molecule has 0 bridgehead atoms. The van der Waals surface area contributed by atoms with Gasteiger partial charge in [-0.1, -0.05) is 11.6 Å². The van der Waals surface area contributed by atoms with Crippen LogP contribution in [0.5, 0.6) is 5.75 Å². The summed E-state index contributed by atoms with van der Waals surface area (Å²) in [5, 5.41) is 2.92. The van der Waals surface area contributed by atoms with Gasteiger partial charge in [-0.15, -0.1) is 0 Å². The molecule has 0 aromatic heterocycles. The van der Waals surface area contributed by atoms with Crippen molar-refractivity contribution in [3.05, 3.63) is 29.0 Å². The minimum atomic E-state index is -5.02. The zero-order valence-electron chi connectivity index (χ0n) is 12.3. The van der Waals surface area contributed by atoms with Crippen molar-refractivity contribution < 1.29 is 31.8 Å². The molecule has 4 unspecified atom stereocenters. The van der Waals surface area contributed by atoms with Crippen LogP contribution in [0.25, 0.3) is 0 Å². The van der Waals surface area contributed by atoms with Gasteiger partial charge in [-0.25, -0.2) is 9.18 Å². The summed E-state index contributed by atoms with van der Waals surface area (Å²) in [5.74, 6) is -2.59. The molecule has 1 N–H and O–H groups in total. The number of carbonyl (C=O) groups excluding carboxylic acids is 1. The normalized spacial score (nSPS) is 29.4. The number of fused-ring (bicyclic) bond motifs is 1. The van der Waals surface area contributed by atoms with Crippen molar-refractivity contribution in [3.8, 4) is 5.75 Å². The first-order valence-corrected chi connectivity index (χ1v) is 7.74. The first-order chi connectivity index (χ1) is 11.2. The number of benzene rings is 1. The third kappa shape index (κ3) is 3.59. The average Bonchev–Trinajstić information content (AvgIpc) is 3.02. The van der Waals surface area contributed by atoms with Gasteiger partial charge in [0.2, 0.25) is 0 Å². The zero-order valence-corrected chi connectivity index (χ0v) is 13.0. The Kier molecular flexibility index (Phi) is 4.61. The molecule has 2 fully saturated rings. The molecule has 132 valence electrons. The molecule has 24 heavy (non-hydrogen) atoms. The average molecular weight is 368 g/mol. The Bertz CT molecular complexity index is 640. The number of esters is 1. The first-order valence-electron chi connectivity index (χ1n) is 7.37. The van der Waals surface area contributed by atoms with E-state index in [9.17, 15) is 22.4 Å². The number of hydrogen-bond acceptors (Lipinski definition) is 4. The van der Waals surface area contributed by atoms with Crippen molar-refractivity contribution in [1.29, 1.82) is 0 Å². The number of alkyl halides is 3. The molecule has 1 aromatic rings. The molecule has 0 amide bonds. The lowest BCUT2D eigenvalue weighted by atomic mass is 9.99. The monoisotopic (exact) mass is 367 g/mol. The fourth-order valence-corrected chi connectivity index (χ4v) is 3.50. The van der Waals surface area contributed by atoms with Gasteiger partial charge in [0.05, 0.1) is 11.1 Å². The Hall–Kier alpha value is -1.54. The molecule has 4 atom stereocenters. The Morgan fingerprint density at radius 1 is 1.29 bits per heavy atom. The lowest BCUT2D eigenvalue weighted by Crippen LogP contribution is -2.38. The number of nitrogens with one attached hydrogen (secondary N) is 1. The van der Waals surface area contributed by atoms with Crippen LogP contribution < -0.4 is 10.1 Å². The smallest absolute Gasteiger partial charge is 0.489 e. The SMILES string of the molecule is O=C(OC1NCC2CC(Oc3ccc(F)cc3Cl)CC21)C(F)(F)F. The molecule has 1 saturated heterocycles. The van der Waals surface area contributed by atoms with Gasteiger partial charge < -0.3 is 9.47 Å². The van der Waals surface area contributed by atoms with Crippen LogP contribution in [0.1, 0.15) is 12.8 Å². The summed E-state index contributed by atoms with van der Waals surface area (Å²) < 4.78 is 60.2. The summed E-state index contributed by atoms with van der Waals surface area (Å²) in [7, 11) is 0. The van der Waals surface area contributed by atoms with Gasteiger partial charge in [0.1, 0.15) is 11.6 Å². The molecule has 0 spiro atoms. The van der Waals surface area contributed by atoms with Gasteiger partial charge in [0, 0.05) is 12.5 Å². The van der Waals surface area contributed by atoms with E-state index in [-0.39, 0.29) is 23.0 Å². The number of hydrogen-bond donors (Lipinski definition) is 1. The third-order valence-corrected chi connectivity index (χ3v) is 4.62. The molecule has 1 aliphatic carbocycles. The Morgan fingerprint density at radius 3 is 2.71 bits per heavy atom. The summed E-state index contributed by atoms with van der Waals surface area (Å²) in [4.78, 5) is 11.0. The van der Waals surface area contributed by atoms with Crippen molar-refractivity contribution in [2.24, 2.45) is 11.8 Å². The van der Waals surface area contributed by atoms with Gasteiger partial charge >= 0.3 is 12.1 Å². The lowest BCUT2D eigenvalue weighted by molar-refractivity contribution is -0.207. The molecule has 3 rings (SSSR count). The summed E-state index contributed by atoms with van der Waals surface area (Å²) in [6.45, 7) is 0.442. The topological polar surface area (TPSA) is 47.6 Å². The predicted molar refractivity (Wildman–Crippen MR) is 76.0 cm³/mol. The molecule has 4 nitrogen and oxygen atoms in total. The molecule has 1 aromatic carbocycles. The van der Waals surface area contributed by atoms with Crippen LogP contribution in [0.3, 0.4) is 0 Å². The fraction of sp³-hybridized carbons (Fsp3) is 0.533. The van der Waals surface area contributed by atoms with Crippen molar-refractivity contribution in [2.45, 2.75) is 31.3 Å². The highest BCUT2D eigenvalue weighted by Gasteiger charge is 2.49. The van der Waals surface area contributed by atoms with Crippen molar-refractivity contribution in [1.82, 2.24) is 5.32 Å². The maximum Gasteiger partial charge on any atom is 0.490 e. The molecule has 2 aliphatic rings. The zero-order chi connectivity index (χ0) is 17.5. The van der Waals surface area contributed by atoms with Crippen LogP contribution in [0.15, 0.2) is 18.2 Å². The standard InChI is InChI=1S/C15H14ClF4NO3/c16-11-4-8(17)1-2-12(11)23-9-3-7-6-21-13(10(7)5-9)24-14(22)15(18,19)20/h1-2,4,7,9-10,13,21H,3,5-6H2. The lowest BCUT2D eigenvalue weighted by Gasteiger charge is -2.21. The van der Waals surface area contributed by atoms with E-state index in [4.69, 9.17) is 16.3 Å². The fourth-order valence-electron chi connectivity index (χ4n) is 3.29. The van der Waals surface area contributed by atoms with Crippen LogP contribution in [0.2, 0.25) is 5.02 Å². The highest BCUT2D eigenvalue weighted by Crippen LogP contribution is 2.41. The van der Waals surface area contributed by atoms with Gasteiger partial charge in [-0.2, -0.15) is 13.2 Å². The van der Waals surface area contributed by atoms with E-state index in [0.29, 0.717) is 25.1 Å². The third-order valence-electron chi connectivity index (χ3n) is 4.33. The minimum Gasteiger partial charge on any atom is -0.489 e. The Balaban J connectivity index is 1.61. The van der Waals surface area contributed by atoms with E-state index < -0.39 is 24.2 Å². The molecule has 0 radical (unpaired) electrons. The maximum absolute atomic E-state index is 13.0. The predicted octanol–water partition coefficient (Wildman–Crippen LogP) is 3.29. The van der Waals surface area contributed by atoms with E-state index in [2.05, 4.69) is 10.1 Å². The summed E-state index contributed by atoms with van der Waals surface area (Å²) >= 11 is 5.90. The minimum absolute atomic E-state index is 0.0419. The van der Waals surface area contributed by atoms with Crippen LogP contribution in [0.4, 0.5) is 17.6 Å². The van der Waals surface area contributed by atoms with E-state index in [1.165, 1.54) is 12.1 Å². The summed E-state index contributed by atoms with van der Waals surface area (Å²) in [6, 6.07) is 3.75. The maximum atomic E-state index is 13.0. The largest absolute Gasteiger partial charge is 0.490 e. The van der Waals surface area contributed by atoms with Gasteiger partial charge in [-0.3, -0.25) is 5.32 Å². The van der Waals surface area contributed by atoms with E-state index in [0.717, 1.165) is 6.07 Å². The second-order valence-electron chi connectivity index (χ2n) is 5.94. The van der Waals surface area contributed by atoms with Crippen LogP contribution in [0, 0.1) is 17.7 Å². The molecule has 9 heteroatoms. The molecular formula is C15H14ClF4NO3. The van der Waals surface area contributed by atoms with Crippen molar-refractivity contribution in [2.75, 3.05) is 6.54 Å². The van der Waals surface area contributed by atoms with Gasteiger partial charge in [-0.05, 0) is 37.0 Å².